The Kier molecular flexibility index (Phi) is 3.73. The van der Waals surface area contributed by atoms with Crippen molar-refractivity contribution in [1.82, 2.24) is 5.32 Å². The minimum absolute atomic E-state index is 0.399. The molecule has 1 saturated heterocycles. The van der Waals surface area contributed by atoms with Crippen LogP contribution < -0.4 is 5.32 Å². The second-order valence-electron chi connectivity index (χ2n) is 3.25. The second kappa shape index (κ2) is 4.84. The molecule has 1 heterocycles. The van der Waals surface area contributed by atoms with E-state index >= 15 is 0 Å². The Morgan fingerprint density at radius 2 is 2.08 bits per heavy atom. The second-order valence-corrected chi connectivity index (χ2v) is 3.25. The third-order valence-electron chi connectivity index (χ3n) is 2.12. The van der Waals surface area contributed by atoms with E-state index in [1.165, 1.54) is 12.8 Å². The highest BCUT2D eigenvalue weighted by Crippen LogP contribution is 2.10. The molecule has 1 N–H and O–H groups in total. The van der Waals surface area contributed by atoms with Gasteiger partial charge in [0.2, 0.25) is 0 Å². The topological polar surface area (TPSA) is 55.4 Å². The van der Waals surface area contributed by atoms with E-state index in [1.54, 1.807) is 0 Å². The number of carbonyl (C=O) groups is 2. The van der Waals surface area contributed by atoms with Gasteiger partial charge in [0.05, 0.1) is 0 Å². The fourth-order valence-electron chi connectivity index (χ4n) is 1.36. The van der Waals surface area contributed by atoms with Crippen molar-refractivity contribution in [3.05, 3.63) is 0 Å². The molecule has 4 heteroatoms. The van der Waals surface area contributed by atoms with Crippen molar-refractivity contribution in [2.75, 3.05) is 0 Å². The zero-order valence-corrected chi connectivity index (χ0v) is 7.84. The van der Waals surface area contributed by atoms with Crippen LogP contribution in [0.15, 0.2) is 0 Å². The van der Waals surface area contributed by atoms with Crippen LogP contribution in [0.2, 0.25) is 0 Å². The summed E-state index contributed by atoms with van der Waals surface area (Å²) in [4.78, 5) is 21.5. The Hall–Kier alpha value is -1.06. The molecule has 0 saturated carbocycles. The molecule has 1 atom stereocenters. The maximum atomic E-state index is 10.9. The van der Waals surface area contributed by atoms with E-state index in [0.29, 0.717) is 6.42 Å². The van der Waals surface area contributed by atoms with Gasteiger partial charge in [-0.3, -0.25) is 0 Å². The van der Waals surface area contributed by atoms with Gasteiger partial charge >= 0.3 is 12.1 Å². The predicted octanol–water partition coefficient (Wildman–Crippen LogP) is 1.59. The Labute approximate surface area is 77.6 Å². The number of unbranched alkanes of at least 4 members (excludes halogenated alkanes) is 3. The first-order valence-electron chi connectivity index (χ1n) is 4.76. The van der Waals surface area contributed by atoms with Crippen molar-refractivity contribution in [3.8, 4) is 0 Å². The number of amides is 1. The van der Waals surface area contributed by atoms with Gasteiger partial charge in [0.25, 0.3) is 0 Å². The Balaban J connectivity index is 2.14. The van der Waals surface area contributed by atoms with Crippen molar-refractivity contribution >= 4 is 12.1 Å². The number of carbonyl (C=O) groups excluding carboxylic acids is 2. The average Bonchev–Trinajstić information content (AvgIpc) is 2.39. The van der Waals surface area contributed by atoms with Crippen LogP contribution in [0.25, 0.3) is 0 Å². The van der Waals surface area contributed by atoms with E-state index in [9.17, 15) is 9.59 Å². The number of esters is 1. The van der Waals surface area contributed by atoms with Crippen LogP contribution >= 0.6 is 0 Å². The van der Waals surface area contributed by atoms with Crippen molar-refractivity contribution in [3.63, 3.8) is 0 Å². The summed E-state index contributed by atoms with van der Waals surface area (Å²) in [6.45, 7) is 2.13. The first-order valence-corrected chi connectivity index (χ1v) is 4.76. The molecule has 1 aliphatic heterocycles. The fraction of sp³-hybridized carbons (Fsp3) is 0.778. The summed E-state index contributed by atoms with van der Waals surface area (Å²) < 4.78 is 4.34. The molecule has 4 nitrogen and oxygen atoms in total. The fourth-order valence-corrected chi connectivity index (χ4v) is 1.36. The van der Waals surface area contributed by atoms with E-state index in [0.717, 1.165) is 12.8 Å². The van der Waals surface area contributed by atoms with Crippen molar-refractivity contribution in [2.45, 2.75) is 45.1 Å². The van der Waals surface area contributed by atoms with E-state index in [1.807, 2.05) is 0 Å². The smallest absolute Gasteiger partial charge is 0.375 e. The number of hydrogen-bond donors (Lipinski definition) is 1. The van der Waals surface area contributed by atoms with Gasteiger partial charge in [0, 0.05) is 0 Å². The molecular weight excluding hydrogens is 170 g/mol. The molecule has 0 aromatic rings. The summed E-state index contributed by atoms with van der Waals surface area (Å²) in [5.41, 5.74) is 0. The summed E-state index contributed by atoms with van der Waals surface area (Å²) in [5, 5.41) is 2.47. The molecule has 0 radical (unpaired) electrons. The van der Waals surface area contributed by atoms with Gasteiger partial charge < -0.3 is 10.1 Å². The number of rotatable bonds is 5. The highest BCUT2D eigenvalue weighted by atomic mass is 16.6. The quantitative estimate of drug-likeness (QED) is 0.402. The van der Waals surface area contributed by atoms with Crippen LogP contribution in [-0.4, -0.2) is 18.1 Å². The summed E-state index contributed by atoms with van der Waals surface area (Å²) >= 11 is 0. The summed E-state index contributed by atoms with van der Waals surface area (Å²) in [6.07, 6.45) is 4.51. The van der Waals surface area contributed by atoms with Crippen LogP contribution in [0.5, 0.6) is 0 Å². The molecule has 1 amide bonds. The third-order valence-corrected chi connectivity index (χ3v) is 2.12. The lowest BCUT2D eigenvalue weighted by Crippen LogP contribution is -2.28. The molecule has 1 fully saturated rings. The van der Waals surface area contributed by atoms with E-state index in [4.69, 9.17) is 0 Å². The number of hydrogen-bond acceptors (Lipinski definition) is 3. The monoisotopic (exact) mass is 185 g/mol. The maximum absolute atomic E-state index is 10.9. The highest BCUT2D eigenvalue weighted by Gasteiger charge is 2.31. The van der Waals surface area contributed by atoms with Crippen molar-refractivity contribution < 1.29 is 14.3 Å². The zero-order chi connectivity index (χ0) is 9.68. The molecule has 0 spiro atoms. The van der Waals surface area contributed by atoms with Crippen LogP contribution in [0.4, 0.5) is 4.79 Å². The number of nitrogens with one attached hydrogen (secondary N) is 1. The molecule has 0 aromatic heterocycles. The lowest BCUT2D eigenvalue weighted by Gasteiger charge is -2.03. The normalized spacial score (nSPS) is 21.5. The Morgan fingerprint density at radius 3 is 2.62 bits per heavy atom. The molecule has 0 aliphatic carbocycles. The van der Waals surface area contributed by atoms with Crippen molar-refractivity contribution in [2.24, 2.45) is 0 Å². The largest absolute Gasteiger partial charge is 0.415 e. The minimum Gasteiger partial charge on any atom is -0.375 e. The molecule has 1 unspecified atom stereocenters. The predicted molar refractivity (Wildman–Crippen MR) is 47.2 cm³/mol. The summed E-state index contributed by atoms with van der Waals surface area (Å²) in [6, 6.07) is -0.399. The standard InChI is InChI=1S/C9H15NO3/c1-2-3-4-5-6-7-8(11)13-9(12)10-7/h7H,2-6H2,1H3,(H,10,12). The first kappa shape index (κ1) is 10.0. The number of ether oxygens (including phenoxy) is 1. The molecule has 1 aliphatic rings. The molecule has 74 valence electrons. The molecule has 1 rings (SSSR count). The van der Waals surface area contributed by atoms with Crippen LogP contribution in [0.1, 0.15) is 39.0 Å². The lowest BCUT2D eigenvalue weighted by atomic mass is 10.1. The van der Waals surface area contributed by atoms with E-state index in [2.05, 4.69) is 17.0 Å². The summed E-state index contributed by atoms with van der Waals surface area (Å²) in [7, 11) is 0. The van der Waals surface area contributed by atoms with Gasteiger partial charge in [-0.25, -0.2) is 9.59 Å². The van der Waals surface area contributed by atoms with Gasteiger partial charge in [0.15, 0.2) is 0 Å². The SMILES string of the molecule is CCCCCCC1NC(=O)OC1=O. The highest BCUT2D eigenvalue weighted by molar-refractivity contribution is 5.95. The Bertz CT molecular complexity index is 203. The van der Waals surface area contributed by atoms with Gasteiger partial charge in [0.1, 0.15) is 6.04 Å². The van der Waals surface area contributed by atoms with Crippen LogP contribution in [-0.2, 0) is 9.53 Å². The lowest BCUT2D eigenvalue weighted by molar-refractivity contribution is -0.135. The van der Waals surface area contributed by atoms with Gasteiger partial charge in [-0.2, -0.15) is 0 Å². The summed E-state index contributed by atoms with van der Waals surface area (Å²) in [5.74, 6) is -0.429. The van der Waals surface area contributed by atoms with Gasteiger partial charge in [-0.1, -0.05) is 32.6 Å². The minimum atomic E-state index is -0.606. The third kappa shape index (κ3) is 3.05. The van der Waals surface area contributed by atoms with E-state index in [-0.39, 0.29) is 0 Å². The zero-order valence-electron chi connectivity index (χ0n) is 7.84. The molecule has 0 aromatic carbocycles. The first-order chi connectivity index (χ1) is 6.24. The van der Waals surface area contributed by atoms with Gasteiger partial charge in [-0.05, 0) is 6.42 Å². The molecule has 0 bridgehead atoms. The van der Waals surface area contributed by atoms with Gasteiger partial charge in [-0.15, -0.1) is 0 Å². The van der Waals surface area contributed by atoms with Crippen molar-refractivity contribution in [1.29, 1.82) is 0 Å². The molecule has 13 heavy (non-hydrogen) atoms. The number of cyclic esters (lactones) is 2. The Morgan fingerprint density at radius 1 is 1.31 bits per heavy atom. The average molecular weight is 185 g/mol. The van der Waals surface area contributed by atoms with Crippen LogP contribution in [0, 0.1) is 0 Å². The van der Waals surface area contributed by atoms with Crippen LogP contribution in [0.3, 0.4) is 0 Å². The maximum Gasteiger partial charge on any atom is 0.415 e. The molecular formula is C9H15NO3. The van der Waals surface area contributed by atoms with E-state index < -0.39 is 18.1 Å². The number of alkyl carbamates (subject to hydrolysis) is 1.